The van der Waals surface area contributed by atoms with Gasteiger partial charge in [0.05, 0.1) is 5.56 Å². The smallest absolute Gasteiger partial charge is 0.416 e. The minimum atomic E-state index is -4.55. The van der Waals surface area contributed by atoms with Crippen molar-refractivity contribution in [3.05, 3.63) is 83.2 Å². The lowest BCUT2D eigenvalue weighted by Crippen LogP contribution is -2.31. The Morgan fingerprint density at radius 2 is 1.64 bits per heavy atom. The summed E-state index contributed by atoms with van der Waals surface area (Å²) < 4.78 is 58.5. The fraction of sp³-hybridized carbons (Fsp3) is 0.192. The number of aryl methyl sites for hydroxylation is 1. The molecular formula is C26H20F4N2O4. The standard InChI is InChI=1S/C26H20F4N2O4/c1-14(33)36-23-10-6-16-11-15(5-8-21(16)24(23)34)20-9-7-19(13-22(20)27)32-25(35)31-18-4-2-3-17(12-18)26(28,29)30/h2-5,7-9,11-13,23H,6,10H2,1H3,(H2,31,32,35). The van der Waals surface area contributed by atoms with Crippen molar-refractivity contribution in [1.82, 2.24) is 0 Å². The first-order valence-corrected chi connectivity index (χ1v) is 10.9. The number of alkyl halides is 3. The molecule has 4 rings (SSSR count). The zero-order valence-electron chi connectivity index (χ0n) is 18.9. The Labute approximate surface area is 203 Å². The second-order valence-corrected chi connectivity index (χ2v) is 8.23. The minimum absolute atomic E-state index is 0.0704. The van der Waals surface area contributed by atoms with Crippen molar-refractivity contribution in [3.8, 4) is 11.1 Å². The topological polar surface area (TPSA) is 84.5 Å². The fourth-order valence-corrected chi connectivity index (χ4v) is 4.01. The fourth-order valence-electron chi connectivity index (χ4n) is 4.01. The van der Waals surface area contributed by atoms with Gasteiger partial charge in [0.2, 0.25) is 5.78 Å². The molecule has 186 valence electrons. The van der Waals surface area contributed by atoms with Crippen LogP contribution in [-0.2, 0) is 22.1 Å². The van der Waals surface area contributed by atoms with Gasteiger partial charge < -0.3 is 15.4 Å². The zero-order chi connectivity index (χ0) is 26.0. The van der Waals surface area contributed by atoms with Gasteiger partial charge >= 0.3 is 18.2 Å². The molecule has 0 saturated heterocycles. The number of ketones is 1. The molecule has 1 atom stereocenters. The van der Waals surface area contributed by atoms with E-state index in [4.69, 9.17) is 4.74 Å². The molecule has 0 aliphatic heterocycles. The van der Waals surface area contributed by atoms with Crippen LogP contribution in [0, 0.1) is 5.82 Å². The van der Waals surface area contributed by atoms with Crippen LogP contribution in [0.2, 0.25) is 0 Å². The average Bonchev–Trinajstić information content (AvgIpc) is 2.80. The summed E-state index contributed by atoms with van der Waals surface area (Å²) in [6.07, 6.45) is -4.57. The molecule has 1 aliphatic rings. The van der Waals surface area contributed by atoms with Crippen molar-refractivity contribution in [3.63, 3.8) is 0 Å². The van der Waals surface area contributed by atoms with Crippen LogP contribution in [0.5, 0.6) is 0 Å². The Morgan fingerprint density at radius 1 is 0.944 bits per heavy atom. The molecule has 0 fully saturated rings. The number of anilines is 2. The predicted molar refractivity (Wildman–Crippen MR) is 124 cm³/mol. The van der Waals surface area contributed by atoms with Crippen LogP contribution in [0.25, 0.3) is 11.1 Å². The van der Waals surface area contributed by atoms with Crippen LogP contribution < -0.4 is 10.6 Å². The summed E-state index contributed by atoms with van der Waals surface area (Å²) in [7, 11) is 0. The molecular weight excluding hydrogens is 480 g/mol. The highest BCUT2D eigenvalue weighted by Gasteiger charge is 2.31. The number of esters is 1. The van der Waals surface area contributed by atoms with Crippen LogP contribution in [0.1, 0.15) is 34.8 Å². The number of fused-ring (bicyclic) bond motifs is 1. The Morgan fingerprint density at radius 3 is 2.31 bits per heavy atom. The number of urea groups is 1. The van der Waals surface area contributed by atoms with E-state index in [0.717, 1.165) is 24.3 Å². The summed E-state index contributed by atoms with van der Waals surface area (Å²) in [5.41, 5.74) is 0.992. The summed E-state index contributed by atoms with van der Waals surface area (Å²) in [4.78, 5) is 36.0. The first kappa shape index (κ1) is 24.9. The summed E-state index contributed by atoms with van der Waals surface area (Å²) in [6, 6.07) is 12.1. The number of Topliss-reactive ketones (excluding diaryl/α,β-unsaturated/α-hetero) is 1. The Hall–Kier alpha value is -4.21. The van der Waals surface area contributed by atoms with Crippen LogP contribution in [0.3, 0.4) is 0 Å². The normalized spacial score (nSPS) is 15.1. The van der Waals surface area contributed by atoms with E-state index in [1.54, 1.807) is 18.2 Å². The molecule has 0 spiro atoms. The monoisotopic (exact) mass is 500 g/mol. The minimum Gasteiger partial charge on any atom is -0.454 e. The maximum absolute atomic E-state index is 14.9. The maximum Gasteiger partial charge on any atom is 0.416 e. The third-order valence-electron chi connectivity index (χ3n) is 5.63. The van der Waals surface area contributed by atoms with Gasteiger partial charge in [0.25, 0.3) is 0 Å². The van der Waals surface area contributed by atoms with Gasteiger partial charge in [-0.1, -0.05) is 24.3 Å². The van der Waals surface area contributed by atoms with Crippen LogP contribution in [0.4, 0.5) is 33.7 Å². The third kappa shape index (κ3) is 5.54. The Kier molecular flexibility index (Phi) is 6.78. The number of hydrogen-bond acceptors (Lipinski definition) is 4. The van der Waals surface area contributed by atoms with E-state index < -0.39 is 35.7 Å². The van der Waals surface area contributed by atoms with Crippen molar-refractivity contribution >= 4 is 29.2 Å². The van der Waals surface area contributed by atoms with Gasteiger partial charge in [0.15, 0.2) is 6.10 Å². The van der Waals surface area contributed by atoms with Gasteiger partial charge in [0, 0.05) is 29.4 Å². The number of halogens is 4. The number of benzene rings is 3. The van der Waals surface area contributed by atoms with Crippen LogP contribution in [0.15, 0.2) is 60.7 Å². The quantitative estimate of drug-likeness (QED) is 0.329. The molecule has 3 aromatic carbocycles. The van der Waals surface area contributed by atoms with Crippen molar-refractivity contribution in [2.45, 2.75) is 32.0 Å². The van der Waals surface area contributed by atoms with E-state index in [9.17, 15) is 31.9 Å². The molecule has 2 amide bonds. The van der Waals surface area contributed by atoms with E-state index in [0.29, 0.717) is 29.5 Å². The largest absolute Gasteiger partial charge is 0.454 e. The molecule has 10 heteroatoms. The Balaban J connectivity index is 1.47. The first-order chi connectivity index (χ1) is 17.0. The highest BCUT2D eigenvalue weighted by molar-refractivity contribution is 6.03. The second kappa shape index (κ2) is 9.80. The van der Waals surface area contributed by atoms with Crippen molar-refractivity contribution in [2.75, 3.05) is 10.6 Å². The molecule has 3 aromatic rings. The molecule has 0 bridgehead atoms. The lowest BCUT2D eigenvalue weighted by atomic mass is 9.86. The average molecular weight is 500 g/mol. The molecule has 0 saturated carbocycles. The predicted octanol–water partition coefficient (Wildman–Crippen LogP) is 6.22. The highest BCUT2D eigenvalue weighted by atomic mass is 19.4. The molecule has 1 unspecified atom stereocenters. The molecule has 0 aromatic heterocycles. The summed E-state index contributed by atoms with van der Waals surface area (Å²) >= 11 is 0. The van der Waals surface area contributed by atoms with E-state index in [1.807, 2.05) is 0 Å². The number of carbonyl (C=O) groups excluding carboxylic acids is 3. The van der Waals surface area contributed by atoms with E-state index in [-0.39, 0.29) is 22.7 Å². The number of carbonyl (C=O) groups is 3. The Bertz CT molecular complexity index is 1350. The van der Waals surface area contributed by atoms with Crippen molar-refractivity contribution in [2.24, 2.45) is 0 Å². The van der Waals surface area contributed by atoms with E-state index in [2.05, 4.69) is 10.6 Å². The van der Waals surface area contributed by atoms with Gasteiger partial charge in [-0.15, -0.1) is 0 Å². The number of hydrogen-bond donors (Lipinski definition) is 2. The SMILES string of the molecule is CC(=O)OC1CCc2cc(-c3ccc(NC(=O)Nc4cccc(C(F)(F)F)c4)cc3F)ccc2C1=O. The van der Waals surface area contributed by atoms with Gasteiger partial charge in [-0.25, -0.2) is 9.18 Å². The van der Waals surface area contributed by atoms with Gasteiger partial charge in [-0.2, -0.15) is 13.2 Å². The van der Waals surface area contributed by atoms with Gasteiger partial charge in [-0.3, -0.25) is 9.59 Å². The second-order valence-electron chi connectivity index (χ2n) is 8.23. The van der Waals surface area contributed by atoms with Crippen LogP contribution in [-0.4, -0.2) is 23.9 Å². The lowest BCUT2D eigenvalue weighted by Gasteiger charge is -2.23. The molecule has 36 heavy (non-hydrogen) atoms. The number of amides is 2. The molecule has 6 nitrogen and oxygen atoms in total. The molecule has 2 N–H and O–H groups in total. The number of rotatable bonds is 4. The zero-order valence-corrected chi connectivity index (χ0v) is 18.9. The van der Waals surface area contributed by atoms with Gasteiger partial charge in [0.1, 0.15) is 5.82 Å². The first-order valence-electron chi connectivity index (χ1n) is 10.9. The number of nitrogens with one attached hydrogen (secondary N) is 2. The van der Waals surface area contributed by atoms with Crippen molar-refractivity contribution in [1.29, 1.82) is 0 Å². The molecule has 0 radical (unpaired) electrons. The van der Waals surface area contributed by atoms with Gasteiger partial charge in [-0.05, 0) is 60.4 Å². The summed E-state index contributed by atoms with van der Waals surface area (Å²) in [5.74, 6) is -1.48. The summed E-state index contributed by atoms with van der Waals surface area (Å²) in [6.45, 7) is 1.24. The number of ether oxygens (including phenoxy) is 1. The van der Waals surface area contributed by atoms with Crippen molar-refractivity contribution < 1.29 is 36.7 Å². The molecule has 0 heterocycles. The highest BCUT2D eigenvalue weighted by Crippen LogP contribution is 2.32. The maximum atomic E-state index is 14.9. The summed E-state index contributed by atoms with van der Waals surface area (Å²) in [5, 5.41) is 4.67. The van der Waals surface area contributed by atoms with E-state index in [1.165, 1.54) is 25.1 Å². The lowest BCUT2D eigenvalue weighted by molar-refractivity contribution is -0.144. The third-order valence-corrected chi connectivity index (χ3v) is 5.63. The van der Waals surface area contributed by atoms with E-state index >= 15 is 0 Å². The molecule has 1 aliphatic carbocycles. The van der Waals surface area contributed by atoms with Crippen LogP contribution >= 0.6 is 0 Å².